The van der Waals surface area contributed by atoms with Gasteiger partial charge < -0.3 is 20.1 Å². The quantitative estimate of drug-likeness (QED) is 0.795. The van der Waals surface area contributed by atoms with Crippen molar-refractivity contribution in [2.75, 3.05) is 13.1 Å². The van der Waals surface area contributed by atoms with E-state index in [0.717, 1.165) is 0 Å². The SMILES string of the molecule is O=C(NCC(=O)N1CCC[C@H]1C(=O)O)c1ccc(Oc2ccc(F)cc2)cc1. The summed E-state index contributed by atoms with van der Waals surface area (Å²) in [5.74, 6) is -1.34. The van der Waals surface area contributed by atoms with E-state index in [4.69, 9.17) is 9.84 Å². The van der Waals surface area contributed by atoms with Crippen molar-refractivity contribution in [1.29, 1.82) is 0 Å². The molecule has 0 saturated carbocycles. The summed E-state index contributed by atoms with van der Waals surface area (Å²) >= 11 is 0. The van der Waals surface area contributed by atoms with E-state index in [0.29, 0.717) is 36.4 Å². The van der Waals surface area contributed by atoms with Crippen LogP contribution in [0.5, 0.6) is 11.5 Å². The molecule has 0 radical (unpaired) electrons. The van der Waals surface area contributed by atoms with E-state index in [9.17, 15) is 18.8 Å². The molecule has 0 spiro atoms. The zero-order chi connectivity index (χ0) is 20.1. The second-order valence-corrected chi connectivity index (χ2v) is 6.35. The van der Waals surface area contributed by atoms with Crippen LogP contribution in [0.4, 0.5) is 4.39 Å². The predicted octanol–water partition coefficient (Wildman–Crippen LogP) is 2.42. The van der Waals surface area contributed by atoms with Gasteiger partial charge >= 0.3 is 5.97 Å². The Hall–Kier alpha value is -3.42. The standard InChI is InChI=1S/C20H19FN2O5/c21-14-5-9-16(10-6-14)28-15-7-3-13(4-8-15)19(25)22-12-18(24)23-11-1-2-17(23)20(26)27/h3-10,17H,1-2,11-12H2,(H,22,25)(H,26,27)/t17-/m0/s1. The lowest BCUT2D eigenvalue weighted by atomic mass is 10.2. The number of hydrogen-bond acceptors (Lipinski definition) is 4. The van der Waals surface area contributed by atoms with Crippen LogP contribution in [0.25, 0.3) is 0 Å². The van der Waals surface area contributed by atoms with Gasteiger partial charge in [-0.15, -0.1) is 0 Å². The van der Waals surface area contributed by atoms with E-state index in [1.54, 1.807) is 12.1 Å². The Labute approximate surface area is 160 Å². The number of aliphatic carboxylic acids is 1. The lowest BCUT2D eigenvalue weighted by molar-refractivity contribution is -0.147. The molecule has 1 heterocycles. The van der Waals surface area contributed by atoms with Crippen LogP contribution in [0, 0.1) is 5.82 Å². The molecule has 1 aliphatic heterocycles. The molecule has 1 aliphatic rings. The highest BCUT2D eigenvalue weighted by atomic mass is 19.1. The molecule has 28 heavy (non-hydrogen) atoms. The Morgan fingerprint density at radius 2 is 1.68 bits per heavy atom. The lowest BCUT2D eigenvalue weighted by Gasteiger charge is -2.21. The summed E-state index contributed by atoms with van der Waals surface area (Å²) in [6, 6.07) is 11.0. The van der Waals surface area contributed by atoms with Gasteiger partial charge in [-0.05, 0) is 61.4 Å². The number of carboxylic acid groups (broad SMARTS) is 1. The number of ether oxygens (including phenoxy) is 1. The van der Waals surface area contributed by atoms with Crippen LogP contribution in [-0.4, -0.2) is 46.9 Å². The van der Waals surface area contributed by atoms with Gasteiger partial charge in [-0.1, -0.05) is 0 Å². The second-order valence-electron chi connectivity index (χ2n) is 6.35. The first-order valence-electron chi connectivity index (χ1n) is 8.78. The topological polar surface area (TPSA) is 95.9 Å². The zero-order valence-electron chi connectivity index (χ0n) is 14.9. The Bertz CT molecular complexity index is 867. The van der Waals surface area contributed by atoms with E-state index >= 15 is 0 Å². The molecule has 0 aromatic heterocycles. The smallest absolute Gasteiger partial charge is 0.326 e. The normalized spacial score (nSPS) is 15.9. The van der Waals surface area contributed by atoms with Crippen molar-refractivity contribution in [2.24, 2.45) is 0 Å². The highest BCUT2D eigenvalue weighted by Gasteiger charge is 2.33. The predicted molar refractivity (Wildman–Crippen MR) is 97.6 cm³/mol. The number of likely N-dealkylation sites (tertiary alicyclic amines) is 1. The summed E-state index contributed by atoms with van der Waals surface area (Å²) < 4.78 is 18.5. The maximum absolute atomic E-state index is 12.9. The van der Waals surface area contributed by atoms with E-state index in [-0.39, 0.29) is 12.4 Å². The lowest BCUT2D eigenvalue weighted by Crippen LogP contribution is -2.45. The monoisotopic (exact) mass is 386 g/mol. The molecule has 0 unspecified atom stereocenters. The third-order valence-corrected chi connectivity index (χ3v) is 4.42. The fourth-order valence-corrected chi connectivity index (χ4v) is 2.99. The van der Waals surface area contributed by atoms with E-state index < -0.39 is 23.8 Å². The Morgan fingerprint density at radius 3 is 2.29 bits per heavy atom. The molecule has 1 saturated heterocycles. The molecule has 2 amide bonds. The first-order chi connectivity index (χ1) is 13.4. The van der Waals surface area contributed by atoms with Gasteiger partial charge in [-0.3, -0.25) is 9.59 Å². The fourth-order valence-electron chi connectivity index (χ4n) is 2.99. The number of carboxylic acids is 1. The zero-order valence-corrected chi connectivity index (χ0v) is 14.9. The van der Waals surface area contributed by atoms with Gasteiger partial charge in [0.05, 0.1) is 6.54 Å². The van der Waals surface area contributed by atoms with Gasteiger partial charge in [0, 0.05) is 12.1 Å². The fraction of sp³-hybridized carbons (Fsp3) is 0.250. The van der Waals surface area contributed by atoms with Crippen molar-refractivity contribution >= 4 is 17.8 Å². The molecule has 0 bridgehead atoms. The molecule has 0 aliphatic carbocycles. The van der Waals surface area contributed by atoms with Crippen molar-refractivity contribution < 1.29 is 28.6 Å². The van der Waals surface area contributed by atoms with Crippen LogP contribution in [0.15, 0.2) is 48.5 Å². The number of nitrogens with one attached hydrogen (secondary N) is 1. The molecular formula is C20H19FN2O5. The summed E-state index contributed by atoms with van der Waals surface area (Å²) in [5, 5.41) is 11.6. The van der Waals surface area contributed by atoms with Crippen molar-refractivity contribution in [3.05, 3.63) is 59.9 Å². The van der Waals surface area contributed by atoms with Gasteiger partial charge in [-0.25, -0.2) is 9.18 Å². The minimum absolute atomic E-state index is 0.267. The first-order valence-corrected chi connectivity index (χ1v) is 8.78. The van der Waals surface area contributed by atoms with Crippen LogP contribution >= 0.6 is 0 Å². The van der Waals surface area contributed by atoms with Crippen LogP contribution in [0.3, 0.4) is 0 Å². The molecule has 146 valence electrons. The highest BCUT2D eigenvalue weighted by molar-refractivity contribution is 5.97. The molecule has 1 fully saturated rings. The van der Waals surface area contributed by atoms with Crippen LogP contribution < -0.4 is 10.1 Å². The van der Waals surface area contributed by atoms with Crippen LogP contribution in [0.2, 0.25) is 0 Å². The molecule has 2 N–H and O–H groups in total. The average molecular weight is 386 g/mol. The second kappa shape index (κ2) is 8.51. The summed E-state index contributed by atoms with van der Waals surface area (Å²) in [7, 11) is 0. The largest absolute Gasteiger partial charge is 0.480 e. The number of carbonyl (C=O) groups excluding carboxylic acids is 2. The Kier molecular flexibility index (Phi) is 5.88. The third-order valence-electron chi connectivity index (χ3n) is 4.42. The number of amides is 2. The number of nitrogens with zero attached hydrogens (tertiary/aromatic N) is 1. The van der Waals surface area contributed by atoms with Gasteiger partial charge in [0.15, 0.2) is 0 Å². The third kappa shape index (κ3) is 4.64. The van der Waals surface area contributed by atoms with Gasteiger partial charge in [0.25, 0.3) is 5.91 Å². The summed E-state index contributed by atoms with van der Waals surface area (Å²) in [6.07, 6.45) is 1.05. The van der Waals surface area contributed by atoms with E-state index in [1.807, 2.05) is 0 Å². The average Bonchev–Trinajstić information content (AvgIpc) is 3.18. The molecular weight excluding hydrogens is 367 g/mol. The maximum atomic E-state index is 12.9. The summed E-state index contributed by atoms with van der Waals surface area (Å²) in [6.45, 7) is 0.109. The molecule has 3 rings (SSSR count). The van der Waals surface area contributed by atoms with Crippen molar-refractivity contribution in [2.45, 2.75) is 18.9 Å². The summed E-state index contributed by atoms with van der Waals surface area (Å²) in [4.78, 5) is 36.8. The number of rotatable bonds is 6. The number of hydrogen-bond donors (Lipinski definition) is 2. The highest BCUT2D eigenvalue weighted by Crippen LogP contribution is 2.22. The number of benzene rings is 2. The number of carbonyl (C=O) groups is 3. The van der Waals surface area contributed by atoms with Crippen molar-refractivity contribution in [3.8, 4) is 11.5 Å². The Balaban J connectivity index is 1.53. The molecule has 7 nitrogen and oxygen atoms in total. The molecule has 2 aromatic carbocycles. The van der Waals surface area contributed by atoms with E-state index in [1.165, 1.54) is 41.3 Å². The van der Waals surface area contributed by atoms with Crippen molar-refractivity contribution in [1.82, 2.24) is 10.2 Å². The van der Waals surface area contributed by atoms with Crippen LogP contribution in [0.1, 0.15) is 23.2 Å². The van der Waals surface area contributed by atoms with Gasteiger partial charge in [0.1, 0.15) is 23.4 Å². The molecule has 1 atom stereocenters. The Morgan fingerprint density at radius 1 is 1.07 bits per heavy atom. The van der Waals surface area contributed by atoms with E-state index in [2.05, 4.69) is 5.32 Å². The first kappa shape index (κ1) is 19.3. The maximum Gasteiger partial charge on any atom is 0.326 e. The molecule has 2 aromatic rings. The molecule has 8 heteroatoms. The summed E-state index contributed by atoms with van der Waals surface area (Å²) in [5.41, 5.74) is 0.329. The number of halogens is 1. The van der Waals surface area contributed by atoms with Crippen molar-refractivity contribution in [3.63, 3.8) is 0 Å². The minimum atomic E-state index is -1.03. The van der Waals surface area contributed by atoms with Crippen LogP contribution in [-0.2, 0) is 9.59 Å². The van der Waals surface area contributed by atoms with Gasteiger partial charge in [-0.2, -0.15) is 0 Å². The minimum Gasteiger partial charge on any atom is -0.480 e. The van der Waals surface area contributed by atoms with Gasteiger partial charge in [0.2, 0.25) is 5.91 Å².